The third-order valence-electron chi connectivity index (χ3n) is 5.86. The van der Waals surface area contributed by atoms with E-state index in [1.807, 2.05) is 18.2 Å². The zero-order valence-electron chi connectivity index (χ0n) is 18.3. The van der Waals surface area contributed by atoms with Crippen molar-refractivity contribution in [2.75, 3.05) is 13.4 Å². The second-order valence-corrected chi connectivity index (χ2v) is 8.20. The molecule has 1 N–H and O–H groups in total. The Labute approximate surface area is 190 Å². The number of carbonyl (C=O) groups excluding carboxylic acids is 2. The number of amides is 1. The molecule has 0 bridgehead atoms. The molecular weight excluding hydrogens is 426 g/mol. The van der Waals surface area contributed by atoms with Crippen LogP contribution in [0.25, 0.3) is 11.0 Å². The molecule has 3 aromatic rings. The standard InChI is InChI=1S/C25H25NO7/c1-15(25(28)26-12-16-6-8-22-23(10-16)31-14-30-22)32-24(27)13-29-17-7-9-21-19(11-17)18-4-2-3-5-20(18)33-21/h6-11,15H,2-5,12-14H2,1H3,(H,26,28). The van der Waals surface area contributed by atoms with Crippen molar-refractivity contribution in [1.29, 1.82) is 0 Å². The average molecular weight is 451 g/mol. The van der Waals surface area contributed by atoms with E-state index in [9.17, 15) is 9.59 Å². The van der Waals surface area contributed by atoms with E-state index in [2.05, 4.69) is 5.32 Å². The minimum absolute atomic E-state index is 0.193. The van der Waals surface area contributed by atoms with E-state index >= 15 is 0 Å². The second-order valence-electron chi connectivity index (χ2n) is 8.20. The van der Waals surface area contributed by atoms with Crippen LogP contribution in [0.3, 0.4) is 0 Å². The van der Waals surface area contributed by atoms with E-state index in [0.717, 1.165) is 48.0 Å². The van der Waals surface area contributed by atoms with Gasteiger partial charge in [-0.25, -0.2) is 4.79 Å². The first-order chi connectivity index (χ1) is 16.1. The number of ether oxygens (including phenoxy) is 4. The fraction of sp³-hybridized carbons (Fsp3) is 0.360. The topological polar surface area (TPSA) is 96.2 Å². The molecule has 1 amide bonds. The van der Waals surface area contributed by atoms with Gasteiger partial charge in [0.05, 0.1) is 0 Å². The normalized spacial score (nSPS) is 15.1. The summed E-state index contributed by atoms with van der Waals surface area (Å²) in [6, 6.07) is 11.0. The molecule has 0 fully saturated rings. The van der Waals surface area contributed by atoms with Gasteiger partial charge in [0.25, 0.3) is 5.91 Å². The van der Waals surface area contributed by atoms with Gasteiger partial charge in [-0.05, 0) is 62.1 Å². The highest BCUT2D eigenvalue weighted by Crippen LogP contribution is 2.34. The van der Waals surface area contributed by atoms with Crippen LogP contribution in [0.15, 0.2) is 40.8 Å². The Hall–Kier alpha value is -3.68. The largest absolute Gasteiger partial charge is 0.482 e. The van der Waals surface area contributed by atoms with Crippen molar-refractivity contribution in [1.82, 2.24) is 5.32 Å². The van der Waals surface area contributed by atoms with Gasteiger partial charge in [-0.3, -0.25) is 4.79 Å². The Bertz CT molecular complexity index is 1200. The molecule has 0 spiro atoms. The molecule has 172 valence electrons. The third-order valence-corrected chi connectivity index (χ3v) is 5.86. The Morgan fingerprint density at radius 2 is 1.91 bits per heavy atom. The molecule has 1 atom stereocenters. The van der Waals surface area contributed by atoms with E-state index < -0.39 is 18.0 Å². The molecule has 2 aliphatic rings. The Balaban J connectivity index is 1.11. The maximum atomic E-state index is 12.3. The summed E-state index contributed by atoms with van der Waals surface area (Å²) in [5.74, 6) is 1.93. The molecule has 1 aliphatic carbocycles. The highest BCUT2D eigenvalue weighted by molar-refractivity contribution is 5.85. The van der Waals surface area contributed by atoms with Gasteiger partial charge in [0.15, 0.2) is 24.2 Å². The van der Waals surface area contributed by atoms with Crippen molar-refractivity contribution < 1.29 is 33.0 Å². The van der Waals surface area contributed by atoms with Gasteiger partial charge in [0.2, 0.25) is 6.79 Å². The molecule has 1 aliphatic heterocycles. The first-order valence-electron chi connectivity index (χ1n) is 11.1. The molecule has 8 heteroatoms. The number of fused-ring (bicyclic) bond motifs is 4. The molecule has 8 nitrogen and oxygen atoms in total. The van der Waals surface area contributed by atoms with E-state index in [0.29, 0.717) is 17.2 Å². The lowest BCUT2D eigenvalue weighted by Crippen LogP contribution is -2.36. The molecule has 0 saturated heterocycles. The number of esters is 1. The lowest BCUT2D eigenvalue weighted by atomic mass is 9.96. The summed E-state index contributed by atoms with van der Waals surface area (Å²) >= 11 is 0. The first kappa shape index (κ1) is 21.2. The number of hydrogen-bond donors (Lipinski definition) is 1. The minimum Gasteiger partial charge on any atom is -0.482 e. The van der Waals surface area contributed by atoms with Gasteiger partial charge in [-0.15, -0.1) is 0 Å². The van der Waals surface area contributed by atoms with Gasteiger partial charge in [-0.2, -0.15) is 0 Å². The summed E-state index contributed by atoms with van der Waals surface area (Å²) < 4.78 is 27.4. The number of benzene rings is 2. The quantitative estimate of drug-likeness (QED) is 0.548. The first-order valence-corrected chi connectivity index (χ1v) is 11.1. The van der Waals surface area contributed by atoms with Crippen molar-refractivity contribution in [2.24, 2.45) is 0 Å². The molecule has 1 unspecified atom stereocenters. The van der Waals surface area contributed by atoms with Gasteiger partial charge in [0, 0.05) is 23.9 Å². The van der Waals surface area contributed by atoms with Crippen molar-refractivity contribution >= 4 is 22.8 Å². The van der Waals surface area contributed by atoms with Crippen molar-refractivity contribution in [3.05, 3.63) is 53.3 Å². The number of hydrogen-bond acceptors (Lipinski definition) is 7. The monoisotopic (exact) mass is 451 g/mol. The SMILES string of the molecule is CC(OC(=O)COc1ccc2oc3c(c2c1)CCCC3)C(=O)NCc1ccc2c(c1)OCO2. The highest BCUT2D eigenvalue weighted by atomic mass is 16.7. The average Bonchev–Trinajstić information content (AvgIpc) is 3.44. The van der Waals surface area contributed by atoms with Crippen LogP contribution in [0.1, 0.15) is 36.7 Å². The zero-order chi connectivity index (χ0) is 22.8. The zero-order valence-corrected chi connectivity index (χ0v) is 18.3. The maximum Gasteiger partial charge on any atom is 0.344 e. The summed E-state index contributed by atoms with van der Waals surface area (Å²) in [5, 5.41) is 3.79. The molecule has 2 aromatic carbocycles. The van der Waals surface area contributed by atoms with Crippen LogP contribution in [0.2, 0.25) is 0 Å². The van der Waals surface area contributed by atoms with Crippen LogP contribution < -0.4 is 19.5 Å². The molecule has 0 radical (unpaired) electrons. The highest BCUT2D eigenvalue weighted by Gasteiger charge is 2.20. The smallest absolute Gasteiger partial charge is 0.344 e. The van der Waals surface area contributed by atoms with Crippen LogP contribution in [-0.4, -0.2) is 31.4 Å². The van der Waals surface area contributed by atoms with Crippen molar-refractivity contribution in [3.8, 4) is 17.2 Å². The third kappa shape index (κ3) is 4.60. The molecule has 1 aromatic heterocycles. The summed E-state index contributed by atoms with van der Waals surface area (Å²) in [6.45, 7) is 1.71. The summed E-state index contributed by atoms with van der Waals surface area (Å²) in [5.41, 5.74) is 2.92. The number of furan rings is 1. The summed E-state index contributed by atoms with van der Waals surface area (Å²) in [7, 11) is 0. The fourth-order valence-electron chi connectivity index (χ4n) is 4.14. The lowest BCUT2D eigenvalue weighted by molar-refractivity contribution is -0.156. The fourth-order valence-corrected chi connectivity index (χ4v) is 4.14. The predicted octanol–water partition coefficient (Wildman–Crippen LogP) is 3.67. The van der Waals surface area contributed by atoms with E-state index in [1.165, 1.54) is 12.5 Å². The molecule has 5 rings (SSSR count). The van der Waals surface area contributed by atoms with Crippen LogP contribution in [0.5, 0.6) is 17.2 Å². The van der Waals surface area contributed by atoms with Gasteiger partial charge in [0.1, 0.15) is 17.1 Å². The van der Waals surface area contributed by atoms with Crippen LogP contribution in [0, 0.1) is 0 Å². The lowest BCUT2D eigenvalue weighted by Gasteiger charge is -2.14. The van der Waals surface area contributed by atoms with Crippen LogP contribution in [0.4, 0.5) is 0 Å². The number of aryl methyl sites for hydroxylation is 2. The van der Waals surface area contributed by atoms with Crippen molar-refractivity contribution in [2.45, 2.75) is 45.3 Å². The number of nitrogens with one attached hydrogen (secondary N) is 1. The summed E-state index contributed by atoms with van der Waals surface area (Å²) in [6.07, 6.45) is 3.30. The van der Waals surface area contributed by atoms with Gasteiger partial charge >= 0.3 is 5.97 Å². The van der Waals surface area contributed by atoms with E-state index in [4.69, 9.17) is 23.4 Å². The van der Waals surface area contributed by atoms with E-state index in [1.54, 1.807) is 18.2 Å². The Morgan fingerprint density at radius 1 is 1.06 bits per heavy atom. The second kappa shape index (κ2) is 9.05. The molecule has 33 heavy (non-hydrogen) atoms. The predicted molar refractivity (Wildman–Crippen MR) is 118 cm³/mol. The van der Waals surface area contributed by atoms with Crippen LogP contribution >= 0.6 is 0 Å². The Morgan fingerprint density at radius 3 is 2.82 bits per heavy atom. The van der Waals surface area contributed by atoms with Crippen LogP contribution in [-0.2, 0) is 33.7 Å². The number of carbonyl (C=O) groups is 2. The molecule has 0 saturated carbocycles. The minimum atomic E-state index is -0.946. The van der Waals surface area contributed by atoms with Gasteiger partial charge < -0.3 is 28.7 Å². The number of rotatable bonds is 7. The maximum absolute atomic E-state index is 12.3. The molecule has 2 heterocycles. The summed E-state index contributed by atoms with van der Waals surface area (Å²) in [4.78, 5) is 24.5. The Kier molecular flexibility index (Phi) is 5.81. The van der Waals surface area contributed by atoms with Gasteiger partial charge in [-0.1, -0.05) is 6.07 Å². The van der Waals surface area contributed by atoms with Crippen molar-refractivity contribution in [3.63, 3.8) is 0 Å². The van der Waals surface area contributed by atoms with E-state index in [-0.39, 0.29) is 19.9 Å². The molecular formula is C25H25NO7.